The van der Waals surface area contributed by atoms with Crippen molar-refractivity contribution in [1.29, 1.82) is 0 Å². The third kappa shape index (κ3) is 4.36. The number of halogens is 2. The molecule has 0 fully saturated rings. The molecule has 0 unspecified atom stereocenters. The normalized spacial score (nSPS) is 14.6. The van der Waals surface area contributed by atoms with Crippen molar-refractivity contribution in [3.8, 4) is 11.5 Å². The molecule has 0 radical (unpaired) electrons. The Labute approximate surface area is 189 Å². The van der Waals surface area contributed by atoms with Gasteiger partial charge in [-0.3, -0.25) is 4.79 Å². The average molecular weight is 453 g/mol. The zero-order valence-corrected chi connectivity index (χ0v) is 17.8. The number of allylic oxidation sites excluding steroid dienone is 1. The van der Waals surface area contributed by atoms with Crippen LogP contribution < -0.4 is 9.47 Å². The highest BCUT2D eigenvalue weighted by Gasteiger charge is 2.30. The second-order valence-electron chi connectivity index (χ2n) is 6.89. The number of carbonyl (C=O) groups excluding carboxylic acids is 2. The molecule has 162 valence electrons. The fraction of sp³-hybridized carbons (Fsp3) is 0.120. The number of benzene rings is 3. The van der Waals surface area contributed by atoms with Crippen LogP contribution in [0.4, 0.5) is 4.39 Å². The molecular formula is C25H18ClFO5. The Balaban J connectivity index is 1.62. The molecule has 3 aromatic carbocycles. The lowest BCUT2D eigenvalue weighted by Crippen LogP contribution is -2.21. The van der Waals surface area contributed by atoms with E-state index in [1.165, 1.54) is 36.4 Å². The molecule has 0 aromatic heterocycles. The molecule has 0 saturated carbocycles. The molecule has 0 N–H and O–H groups in total. The standard InChI is InChI=1S/C25H18ClFO5/c1-2-30-25(29)24(15-7-4-3-5-8-15)31-16-11-12-17-21(13-16)32-22(23(17)28)14-18-19(26)9-6-10-20(18)27/h3-14,24H,2H2,1H3/b22-14-/t24-/m1/s1. The molecule has 0 saturated heterocycles. The lowest BCUT2D eigenvalue weighted by molar-refractivity contribution is -0.151. The Kier molecular flexibility index (Phi) is 6.23. The molecule has 1 heterocycles. The van der Waals surface area contributed by atoms with Crippen molar-refractivity contribution in [3.05, 3.63) is 100 Å². The number of esters is 1. The van der Waals surface area contributed by atoms with E-state index in [-0.39, 0.29) is 28.7 Å². The summed E-state index contributed by atoms with van der Waals surface area (Å²) in [6, 6.07) is 17.8. The number of ketones is 1. The van der Waals surface area contributed by atoms with Crippen LogP contribution in [0, 0.1) is 5.82 Å². The summed E-state index contributed by atoms with van der Waals surface area (Å²) in [5.74, 6) is -1.02. The van der Waals surface area contributed by atoms with Crippen molar-refractivity contribution < 1.29 is 28.2 Å². The van der Waals surface area contributed by atoms with Crippen LogP contribution in [0.15, 0.2) is 72.5 Å². The lowest BCUT2D eigenvalue weighted by atomic mass is 10.1. The third-order valence-corrected chi connectivity index (χ3v) is 5.10. The molecule has 7 heteroatoms. The van der Waals surface area contributed by atoms with Crippen LogP contribution in [0.1, 0.15) is 34.5 Å². The quantitative estimate of drug-likeness (QED) is 0.350. The fourth-order valence-corrected chi connectivity index (χ4v) is 3.47. The van der Waals surface area contributed by atoms with Crippen molar-refractivity contribution in [2.75, 3.05) is 6.61 Å². The molecule has 3 aromatic rings. The van der Waals surface area contributed by atoms with Gasteiger partial charge in [0.1, 0.15) is 17.3 Å². The van der Waals surface area contributed by atoms with Crippen LogP contribution in [-0.2, 0) is 9.53 Å². The maximum absolute atomic E-state index is 14.1. The number of ether oxygens (including phenoxy) is 3. The predicted octanol–water partition coefficient (Wildman–Crippen LogP) is 5.78. The summed E-state index contributed by atoms with van der Waals surface area (Å²) >= 11 is 6.05. The van der Waals surface area contributed by atoms with Gasteiger partial charge in [-0.05, 0) is 37.3 Å². The van der Waals surface area contributed by atoms with Gasteiger partial charge in [0.05, 0.1) is 17.2 Å². The van der Waals surface area contributed by atoms with Gasteiger partial charge in [0.25, 0.3) is 0 Å². The number of Topliss-reactive ketones (excluding diaryl/α,β-unsaturated/α-hetero) is 1. The van der Waals surface area contributed by atoms with Gasteiger partial charge >= 0.3 is 5.97 Å². The molecule has 0 bridgehead atoms. The van der Waals surface area contributed by atoms with Gasteiger partial charge in [-0.15, -0.1) is 0 Å². The van der Waals surface area contributed by atoms with E-state index >= 15 is 0 Å². The minimum Gasteiger partial charge on any atom is -0.474 e. The Morgan fingerprint density at radius 3 is 2.62 bits per heavy atom. The molecule has 5 nitrogen and oxygen atoms in total. The zero-order valence-electron chi connectivity index (χ0n) is 17.0. The van der Waals surface area contributed by atoms with Gasteiger partial charge in [0, 0.05) is 17.2 Å². The van der Waals surface area contributed by atoms with Crippen LogP contribution in [0.5, 0.6) is 11.5 Å². The SMILES string of the molecule is CCOC(=O)[C@H](Oc1ccc2c(c1)O/C(=C\c1c(F)cccc1Cl)C2=O)c1ccccc1. The van der Waals surface area contributed by atoms with E-state index in [4.69, 9.17) is 25.8 Å². The summed E-state index contributed by atoms with van der Waals surface area (Å²) in [5.41, 5.74) is 0.981. The first-order chi connectivity index (χ1) is 15.5. The average Bonchev–Trinajstić information content (AvgIpc) is 3.10. The second-order valence-corrected chi connectivity index (χ2v) is 7.30. The van der Waals surface area contributed by atoms with Gasteiger partial charge in [-0.1, -0.05) is 48.0 Å². The first-order valence-electron chi connectivity index (χ1n) is 9.88. The van der Waals surface area contributed by atoms with E-state index in [0.717, 1.165) is 0 Å². The van der Waals surface area contributed by atoms with E-state index in [2.05, 4.69) is 0 Å². The van der Waals surface area contributed by atoms with Crippen LogP contribution >= 0.6 is 11.6 Å². The first-order valence-corrected chi connectivity index (χ1v) is 10.3. The minimum absolute atomic E-state index is 0.0610. The topological polar surface area (TPSA) is 61.8 Å². The molecular weight excluding hydrogens is 435 g/mol. The Hall–Kier alpha value is -3.64. The van der Waals surface area contributed by atoms with Crippen molar-refractivity contribution in [3.63, 3.8) is 0 Å². The van der Waals surface area contributed by atoms with Crippen molar-refractivity contribution in [2.45, 2.75) is 13.0 Å². The van der Waals surface area contributed by atoms with E-state index in [9.17, 15) is 14.0 Å². The van der Waals surface area contributed by atoms with Gasteiger partial charge in [-0.2, -0.15) is 0 Å². The number of carbonyl (C=O) groups is 2. The molecule has 0 amide bonds. The maximum Gasteiger partial charge on any atom is 0.352 e. The largest absolute Gasteiger partial charge is 0.474 e. The highest BCUT2D eigenvalue weighted by atomic mass is 35.5. The molecule has 1 aliphatic heterocycles. The summed E-state index contributed by atoms with van der Waals surface area (Å²) in [6.07, 6.45) is 0.282. The van der Waals surface area contributed by atoms with Crippen molar-refractivity contribution in [1.82, 2.24) is 0 Å². The highest BCUT2D eigenvalue weighted by Crippen LogP contribution is 2.37. The van der Waals surface area contributed by atoms with Crippen LogP contribution in [-0.4, -0.2) is 18.4 Å². The molecule has 4 rings (SSSR count). The Morgan fingerprint density at radius 1 is 1.12 bits per heavy atom. The Bertz CT molecular complexity index is 1190. The van der Waals surface area contributed by atoms with Crippen LogP contribution in [0.2, 0.25) is 5.02 Å². The lowest BCUT2D eigenvalue weighted by Gasteiger charge is -2.18. The van der Waals surface area contributed by atoms with Crippen molar-refractivity contribution in [2.24, 2.45) is 0 Å². The number of hydrogen-bond acceptors (Lipinski definition) is 5. The van der Waals surface area contributed by atoms with Crippen LogP contribution in [0.25, 0.3) is 6.08 Å². The molecule has 0 aliphatic carbocycles. The monoisotopic (exact) mass is 452 g/mol. The Morgan fingerprint density at radius 2 is 1.91 bits per heavy atom. The second kappa shape index (κ2) is 9.24. The molecule has 1 aliphatic rings. The summed E-state index contributed by atoms with van der Waals surface area (Å²) in [5, 5.41) is 0.161. The van der Waals surface area contributed by atoms with Gasteiger partial charge in [0.15, 0.2) is 5.76 Å². The van der Waals surface area contributed by atoms with E-state index in [1.807, 2.05) is 6.07 Å². The number of rotatable bonds is 6. The van der Waals surface area contributed by atoms with E-state index in [1.54, 1.807) is 37.3 Å². The number of fused-ring (bicyclic) bond motifs is 1. The van der Waals surface area contributed by atoms with Crippen LogP contribution in [0.3, 0.4) is 0 Å². The predicted molar refractivity (Wildman–Crippen MR) is 117 cm³/mol. The minimum atomic E-state index is -0.987. The van der Waals surface area contributed by atoms with Gasteiger partial charge in [-0.25, -0.2) is 9.18 Å². The van der Waals surface area contributed by atoms with Gasteiger partial charge < -0.3 is 14.2 Å². The number of hydrogen-bond donors (Lipinski definition) is 0. The van der Waals surface area contributed by atoms with E-state index < -0.39 is 23.7 Å². The zero-order chi connectivity index (χ0) is 22.7. The molecule has 1 atom stereocenters. The molecule has 0 spiro atoms. The summed E-state index contributed by atoms with van der Waals surface area (Å²) < 4.78 is 30.8. The first kappa shape index (κ1) is 21.6. The van der Waals surface area contributed by atoms with E-state index in [0.29, 0.717) is 16.9 Å². The van der Waals surface area contributed by atoms with Gasteiger partial charge in [0.2, 0.25) is 11.9 Å². The molecule has 32 heavy (non-hydrogen) atoms. The maximum atomic E-state index is 14.1. The summed E-state index contributed by atoms with van der Waals surface area (Å²) in [4.78, 5) is 25.2. The fourth-order valence-electron chi connectivity index (χ4n) is 3.25. The summed E-state index contributed by atoms with van der Waals surface area (Å²) in [7, 11) is 0. The highest BCUT2D eigenvalue weighted by molar-refractivity contribution is 6.32. The summed E-state index contributed by atoms with van der Waals surface area (Å²) in [6.45, 7) is 1.92. The smallest absolute Gasteiger partial charge is 0.352 e. The van der Waals surface area contributed by atoms with Crippen molar-refractivity contribution >= 4 is 29.4 Å². The third-order valence-electron chi connectivity index (χ3n) is 4.77.